The fraction of sp³-hybridized carbons (Fsp3) is 0.650. The zero-order valence-electron chi connectivity index (χ0n) is 17.5. The van der Waals surface area contributed by atoms with Gasteiger partial charge in [-0.25, -0.2) is 0 Å². The van der Waals surface area contributed by atoms with Gasteiger partial charge in [0.05, 0.1) is 13.2 Å². The second-order valence-electron chi connectivity index (χ2n) is 7.70. The van der Waals surface area contributed by atoms with Crippen molar-refractivity contribution < 1.29 is 9.47 Å². The van der Waals surface area contributed by atoms with E-state index in [2.05, 4.69) is 73.6 Å². The van der Waals surface area contributed by atoms with Crippen molar-refractivity contribution in [3.8, 4) is 5.75 Å². The van der Waals surface area contributed by atoms with Gasteiger partial charge in [0.25, 0.3) is 0 Å². The van der Waals surface area contributed by atoms with Gasteiger partial charge in [-0.1, -0.05) is 12.1 Å². The third-order valence-electron chi connectivity index (χ3n) is 4.97. The number of hydrogen-bond donors (Lipinski definition) is 2. The van der Waals surface area contributed by atoms with Crippen molar-refractivity contribution in [2.75, 3.05) is 40.9 Å². The first kappa shape index (κ1) is 24.0. The molecule has 1 aliphatic heterocycles. The average molecular weight is 490 g/mol. The molecule has 1 heterocycles. The molecule has 2 rings (SSSR count). The topological polar surface area (TPSA) is 58.1 Å². The van der Waals surface area contributed by atoms with Crippen LogP contribution < -0.4 is 15.4 Å². The van der Waals surface area contributed by atoms with Gasteiger partial charge in [0, 0.05) is 37.7 Å². The van der Waals surface area contributed by atoms with E-state index in [4.69, 9.17) is 9.47 Å². The highest BCUT2D eigenvalue weighted by atomic mass is 127. The lowest BCUT2D eigenvalue weighted by Gasteiger charge is -2.33. The third kappa shape index (κ3) is 7.46. The number of guanidine groups is 1. The zero-order chi connectivity index (χ0) is 19.2. The molecule has 0 spiro atoms. The maximum absolute atomic E-state index is 6.17. The second kappa shape index (κ2) is 11.1. The van der Waals surface area contributed by atoms with E-state index < -0.39 is 0 Å². The zero-order valence-corrected chi connectivity index (χ0v) is 19.8. The predicted molar refractivity (Wildman–Crippen MR) is 122 cm³/mol. The maximum Gasteiger partial charge on any atom is 0.191 e. The van der Waals surface area contributed by atoms with Crippen LogP contribution in [0.5, 0.6) is 5.75 Å². The van der Waals surface area contributed by atoms with Crippen LogP contribution >= 0.6 is 24.0 Å². The highest BCUT2D eigenvalue weighted by Crippen LogP contribution is 2.23. The normalized spacial score (nSPS) is 17.6. The Bertz CT molecular complexity index is 614. The first-order chi connectivity index (χ1) is 12.3. The van der Waals surface area contributed by atoms with Gasteiger partial charge in [-0.15, -0.1) is 24.0 Å². The standard InChI is InChI=1S/C20H34N4O2.HI/c1-15-7-8-16(18(11-15)26-17-9-10-25-13-17)12-22-19(21-4)23-14-20(2,3)24(5)6;/h7-8,11,17H,9-10,12-14H2,1-6H3,(H2,21,22,23);1H. The molecule has 154 valence electrons. The van der Waals surface area contributed by atoms with Gasteiger partial charge >= 0.3 is 0 Å². The molecule has 0 radical (unpaired) electrons. The SMILES string of the molecule is CN=C(NCc1ccc(C)cc1OC1CCOC1)NCC(C)(C)N(C)C.I. The van der Waals surface area contributed by atoms with E-state index in [9.17, 15) is 0 Å². The Morgan fingerprint density at radius 1 is 1.33 bits per heavy atom. The van der Waals surface area contributed by atoms with Crippen LogP contribution in [0.2, 0.25) is 0 Å². The van der Waals surface area contributed by atoms with E-state index in [-0.39, 0.29) is 35.6 Å². The van der Waals surface area contributed by atoms with Crippen molar-refractivity contribution in [1.82, 2.24) is 15.5 Å². The summed E-state index contributed by atoms with van der Waals surface area (Å²) in [6.45, 7) is 9.39. The molecule has 1 aromatic rings. The van der Waals surface area contributed by atoms with Crippen LogP contribution in [-0.2, 0) is 11.3 Å². The van der Waals surface area contributed by atoms with Crippen LogP contribution in [0.1, 0.15) is 31.4 Å². The number of hydrogen-bond acceptors (Lipinski definition) is 4. The van der Waals surface area contributed by atoms with Gasteiger partial charge in [-0.05, 0) is 46.5 Å². The summed E-state index contributed by atoms with van der Waals surface area (Å²) >= 11 is 0. The first-order valence-corrected chi connectivity index (χ1v) is 9.27. The number of benzene rings is 1. The first-order valence-electron chi connectivity index (χ1n) is 9.27. The highest BCUT2D eigenvalue weighted by molar-refractivity contribution is 14.0. The van der Waals surface area contributed by atoms with Crippen molar-refractivity contribution >= 4 is 29.9 Å². The lowest BCUT2D eigenvalue weighted by molar-refractivity contribution is 0.140. The summed E-state index contributed by atoms with van der Waals surface area (Å²) in [5.41, 5.74) is 2.35. The average Bonchev–Trinajstić information content (AvgIpc) is 3.09. The number of aliphatic imine (C=N–C) groups is 1. The minimum Gasteiger partial charge on any atom is -0.488 e. The van der Waals surface area contributed by atoms with Gasteiger partial charge in [0.2, 0.25) is 0 Å². The Morgan fingerprint density at radius 3 is 2.67 bits per heavy atom. The summed E-state index contributed by atoms with van der Waals surface area (Å²) in [4.78, 5) is 6.53. The predicted octanol–water partition coefficient (Wildman–Crippen LogP) is 2.79. The molecule has 27 heavy (non-hydrogen) atoms. The summed E-state index contributed by atoms with van der Waals surface area (Å²) < 4.78 is 11.6. The lowest BCUT2D eigenvalue weighted by atomic mass is 10.0. The molecule has 0 amide bonds. The van der Waals surface area contributed by atoms with Gasteiger partial charge < -0.3 is 25.0 Å². The number of likely N-dealkylation sites (N-methyl/N-ethyl adjacent to an activating group) is 1. The third-order valence-corrected chi connectivity index (χ3v) is 4.97. The Labute approximate surface area is 181 Å². The number of rotatable bonds is 7. The van der Waals surface area contributed by atoms with Crippen molar-refractivity contribution in [2.45, 2.75) is 45.4 Å². The summed E-state index contributed by atoms with van der Waals surface area (Å²) in [5.74, 6) is 1.72. The molecular formula is C20H35IN4O2. The van der Waals surface area contributed by atoms with Gasteiger partial charge in [0.15, 0.2) is 5.96 Å². The molecule has 1 fully saturated rings. The molecule has 1 aliphatic rings. The quantitative estimate of drug-likeness (QED) is 0.350. The Hall–Kier alpha value is -1.06. The highest BCUT2D eigenvalue weighted by Gasteiger charge is 2.21. The molecular weight excluding hydrogens is 455 g/mol. The molecule has 1 saturated heterocycles. The van der Waals surface area contributed by atoms with Crippen LogP contribution in [0, 0.1) is 6.92 Å². The fourth-order valence-corrected chi connectivity index (χ4v) is 2.56. The molecule has 1 aromatic carbocycles. The Morgan fingerprint density at radius 2 is 2.07 bits per heavy atom. The number of nitrogens with zero attached hydrogens (tertiary/aromatic N) is 2. The van der Waals surface area contributed by atoms with Crippen molar-refractivity contribution in [2.24, 2.45) is 4.99 Å². The fourth-order valence-electron chi connectivity index (χ4n) is 2.56. The van der Waals surface area contributed by atoms with E-state index >= 15 is 0 Å². The maximum atomic E-state index is 6.17. The van der Waals surface area contributed by atoms with E-state index in [1.54, 1.807) is 7.05 Å². The Balaban J connectivity index is 0.00000364. The number of halogens is 1. The van der Waals surface area contributed by atoms with E-state index in [1.165, 1.54) is 5.56 Å². The summed E-state index contributed by atoms with van der Waals surface area (Å²) in [6, 6.07) is 6.32. The molecule has 7 heteroatoms. The second-order valence-corrected chi connectivity index (χ2v) is 7.70. The Kier molecular flexibility index (Phi) is 9.83. The minimum absolute atomic E-state index is 0. The molecule has 0 aliphatic carbocycles. The molecule has 6 nitrogen and oxygen atoms in total. The molecule has 0 bridgehead atoms. The van der Waals surface area contributed by atoms with E-state index in [0.717, 1.165) is 36.8 Å². The van der Waals surface area contributed by atoms with Gasteiger partial charge in [0.1, 0.15) is 11.9 Å². The smallest absolute Gasteiger partial charge is 0.191 e. The lowest BCUT2D eigenvalue weighted by Crippen LogP contribution is -2.50. The number of ether oxygens (including phenoxy) is 2. The van der Waals surface area contributed by atoms with Crippen molar-refractivity contribution in [3.05, 3.63) is 29.3 Å². The van der Waals surface area contributed by atoms with Crippen LogP contribution in [0.3, 0.4) is 0 Å². The van der Waals surface area contributed by atoms with Gasteiger partial charge in [-0.3, -0.25) is 4.99 Å². The number of nitrogens with one attached hydrogen (secondary N) is 2. The summed E-state index contributed by atoms with van der Waals surface area (Å²) in [7, 11) is 5.96. The molecule has 2 N–H and O–H groups in total. The van der Waals surface area contributed by atoms with Gasteiger partial charge in [-0.2, -0.15) is 0 Å². The monoisotopic (exact) mass is 490 g/mol. The van der Waals surface area contributed by atoms with Crippen LogP contribution in [0.15, 0.2) is 23.2 Å². The van der Waals surface area contributed by atoms with Crippen LogP contribution in [-0.4, -0.2) is 63.4 Å². The van der Waals surface area contributed by atoms with Crippen molar-refractivity contribution in [3.63, 3.8) is 0 Å². The number of aryl methyl sites for hydroxylation is 1. The molecule has 1 unspecified atom stereocenters. The van der Waals surface area contributed by atoms with E-state index in [1.807, 2.05) is 0 Å². The molecule has 1 atom stereocenters. The minimum atomic E-state index is 0. The summed E-state index contributed by atoms with van der Waals surface area (Å²) in [5, 5.41) is 6.79. The molecule has 0 saturated carbocycles. The summed E-state index contributed by atoms with van der Waals surface area (Å²) in [6.07, 6.45) is 1.10. The van der Waals surface area contributed by atoms with E-state index in [0.29, 0.717) is 13.2 Å². The molecule has 0 aromatic heterocycles. The van der Waals surface area contributed by atoms with Crippen LogP contribution in [0.25, 0.3) is 0 Å². The van der Waals surface area contributed by atoms with Crippen LogP contribution in [0.4, 0.5) is 0 Å². The van der Waals surface area contributed by atoms with Crippen molar-refractivity contribution in [1.29, 1.82) is 0 Å². The largest absolute Gasteiger partial charge is 0.488 e.